The Labute approximate surface area is 187 Å². The number of nitrogens with zero attached hydrogens (tertiary/aromatic N) is 4. The molecule has 1 aliphatic heterocycles. The van der Waals surface area contributed by atoms with Crippen molar-refractivity contribution in [2.45, 2.75) is 32.6 Å². The molecule has 3 heterocycles. The Kier molecular flexibility index (Phi) is 5.69. The Hall–Kier alpha value is -3.68. The summed E-state index contributed by atoms with van der Waals surface area (Å²) < 4.78 is 7.02. The molecule has 0 radical (unpaired) electrons. The lowest BCUT2D eigenvalue weighted by atomic mass is 9.92. The molecule has 0 saturated carbocycles. The van der Waals surface area contributed by atoms with Crippen LogP contribution >= 0.6 is 0 Å². The van der Waals surface area contributed by atoms with E-state index in [9.17, 15) is 9.59 Å². The second-order valence-corrected chi connectivity index (χ2v) is 8.83. The number of aromatic nitrogens is 3. The summed E-state index contributed by atoms with van der Waals surface area (Å²) in [4.78, 5) is 31.8. The molecule has 0 bridgehead atoms. The maximum Gasteiger partial charge on any atom is 0.230 e. The summed E-state index contributed by atoms with van der Waals surface area (Å²) in [6.45, 7) is 6.47. The lowest BCUT2D eigenvalue weighted by Crippen LogP contribution is -2.29. The van der Waals surface area contributed by atoms with Crippen molar-refractivity contribution in [1.82, 2.24) is 14.8 Å². The van der Waals surface area contributed by atoms with Crippen molar-refractivity contribution in [2.24, 2.45) is 5.92 Å². The molecule has 1 aromatic carbocycles. The second-order valence-electron chi connectivity index (χ2n) is 8.83. The highest BCUT2D eigenvalue weighted by molar-refractivity contribution is 6.04. The second kappa shape index (κ2) is 8.45. The molecule has 2 aromatic heterocycles. The molecule has 32 heavy (non-hydrogen) atoms. The van der Waals surface area contributed by atoms with Gasteiger partial charge in [0.25, 0.3) is 0 Å². The Morgan fingerprint density at radius 3 is 2.59 bits per heavy atom. The van der Waals surface area contributed by atoms with E-state index >= 15 is 0 Å². The predicted molar refractivity (Wildman–Crippen MR) is 122 cm³/mol. The summed E-state index contributed by atoms with van der Waals surface area (Å²) in [6.07, 6.45) is 1.81. The lowest BCUT2D eigenvalue weighted by molar-refractivity contribution is -0.122. The molecule has 1 aliphatic rings. The smallest absolute Gasteiger partial charge is 0.230 e. The van der Waals surface area contributed by atoms with Crippen molar-refractivity contribution in [3.63, 3.8) is 0 Å². The molecule has 166 valence electrons. The van der Waals surface area contributed by atoms with Crippen LogP contribution in [0.3, 0.4) is 0 Å². The van der Waals surface area contributed by atoms with Crippen LogP contribution in [0.1, 0.15) is 32.9 Å². The summed E-state index contributed by atoms with van der Waals surface area (Å²) in [7, 11) is 1.56. The van der Waals surface area contributed by atoms with E-state index in [0.29, 0.717) is 23.1 Å². The van der Waals surface area contributed by atoms with Gasteiger partial charge in [-0.1, -0.05) is 39.0 Å². The fourth-order valence-corrected chi connectivity index (χ4v) is 3.69. The average Bonchev–Trinajstić information content (AvgIpc) is 3.38. The zero-order chi connectivity index (χ0) is 22.9. The number of carbonyl (C=O) groups excluding carboxylic acids is 2. The molecule has 4 rings (SSSR count). The number of ether oxygens (including phenoxy) is 1. The number of methoxy groups -OCH3 is 1. The van der Waals surface area contributed by atoms with E-state index in [1.807, 2.05) is 42.5 Å². The van der Waals surface area contributed by atoms with Gasteiger partial charge in [0.2, 0.25) is 11.8 Å². The van der Waals surface area contributed by atoms with E-state index < -0.39 is 5.92 Å². The van der Waals surface area contributed by atoms with Gasteiger partial charge in [0.05, 0.1) is 24.4 Å². The Bertz CT molecular complexity index is 1130. The van der Waals surface area contributed by atoms with E-state index in [2.05, 4.69) is 36.2 Å². The number of nitrogens with one attached hydrogen (secondary N) is 1. The van der Waals surface area contributed by atoms with Crippen LogP contribution in [0.15, 0.2) is 54.7 Å². The lowest BCUT2D eigenvalue weighted by Gasteiger charge is -2.19. The molecule has 2 amide bonds. The van der Waals surface area contributed by atoms with Crippen LogP contribution in [0.2, 0.25) is 0 Å². The van der Waals surface area contributed by atoms with Crippen LogP contribution in [0.5, 0.6) is 5.75 Å². The van der Waals surface area contributed by atoms with Gasteiger partial charge in [-0.3, -0.25) is 9.59 Å². The number of amides is 2. The summed E-state index contributed by atoms with van der Waals surface area (Å²) in [6, 6.07) is 14.7. The van der Waals surface area contributed by atoms with Crippen molar-refractivity contribution < 1.29 is 14.3 Å². The molecule has 1 atom stereocenters. The quantitative estimate of drug-likeness (QED) is 0.665. The number of benzene rings is 1. The number of para-hydroxylation sites is 2. The van der Waals surface area contributed by atoms with Crippen molar-refractivity contribution in [3.8, 4) is 11.6 Å². The third-order valence-electron chi connectivity index (χ3n) is 5.47. The largest absolute Gasteiger partial charge is 0.495 e. The van der Waals surface area contributed by atoms with E-state index in [1.54, 1.807) is 29.0 Å². The standard InChI is InChI=1S/C24H27N5O3/c1-24(2,3)19-14-21(29(27-19)20-11-7-8-12-25-20)26-23(31)16-13-22(30)28(15-16)17-9-5-6-10-18(17)32-4/h5-12,14,16H,13,15H2,1-4H3,(H,26,31). The number of rotatable bonds is 5. The maximum absolute atomic E-state index is 13.2. The predicted octanol–water partition coefficient (Wildman–Crippen LogP) is 3.57. The summed E-state index contributed by atoms with van der Waals surface area (Å²) in [5, 5.41) is 7.65. The third kappa shape index (κ3) is 4.21. The van der Waals surface area contributed by atoms with Crippen LogP contribution in [-0.2, 0) is 15.0 Å². The summed E-state index contributed by atoms with van der Waals surface area (Å²) >= 11 is 0. The van der Waals surface area contributed by atoms with Gasteiger partial charge in [0.15, 0.2) is 5.82 Å². The molecule has 0 spiro atoms. The number of hydrogen-bond donors (Lipinski definition) is 1. The first-order chi connectivity index (χ1) is 15.3. The van der Waals surface area contributed by atoms with E-state index in [0.717, 1.165) is 5.69 Å². The normalized spacial score (nSPS) is 16.3. The molecule has 1 fully saturated rings. The highest BCUT2D eigenvalue weighted by Crippen LogP contribution is 2.33. The number of pyridine rings is 1. The fourth-order valence-electron chi connectivity index (χ4n) is 3.69. The molecular formula is C24H27N5O3. The van der Waals surface area contributed by atoms with Crippen molar-refractivity contribution in [1.29, 1.82) is 0 Å². The van der Waals surface area contributed by atoms with Gasteiger partial charge in [0.1, 0.15) is 11.6 Å². The average molecular weight is 434 g/mol. The van der Waals surface area contributed by atoms with Crippen LogP contribution in [0, 0.1) is 5.92 Å². The van der Waals surface area contributed by atoms with Gasteiger partial charge < -0.3 is 15.0 Å². The van der Waals surface area contributed by atoms with Gasteiger partial charge in [-0.2, -0.15) is 9.78 Å². The van der Waals surface area contributed by atoms with Gasteiger partial charge in [-0.25, -0.2) is 4.98 Å². The van der Waals surface area contributed by atoms with Gasteiger partial charge >= 0.3 is 0 Å². The van der Waals surface area contributed by atoms with Crippen LogP contribution in [0.25, 0.3) is 5.82 Å². The summed E-state index contributed by atoms with van der Waals surface area (Å²) in [5.41, 5.74) is 1.30. The van der Waals surface area contributed by atoms with Crippen molar-refractivity contribution in [2.75, 3.05) is 23.9 Å². The van der Waals surface area contributed by atoms with Gasteiger partial charge in [0, 0.05) is 30.6 Å². The number of anilines is 2. The monoisotopic (exact) mass is 433 g/mol. The molecule has 1 N–H and O–H groups in total. The molecular weight excluding hydrogens is 406 g/mol. The number of hydrogen-bond acceptors (Lipinski definition) is 5. The Morgan fingerprint density at radius 2 is 1.91 bits per heavy atom. The first kappa shape index (κ1) is 21.5. The molecule has 8 nitrogen and oxygen atoms in total. The van der Waals surface area contributed by atoms with Crippen molar-refractivity contribution >= 4 is 23.3 Å². The van der Waals surface area contributed by atoms with E-state index in [1.165, 1.54) is 0 Å². The van der Waals surface area contributed by atoms with Gasteiger partial charge in [-0.15, -0.1) is 0 Å². The first-order valence-corrected chi connectivity index (χ1v) is 10.5. The van der Waals surface area contributed by atoms with Crippen molar-refractivity contribution in [3.05, 3.63) is 60.4 Å². The maximum atomic E-state index is 13.2. The third-order valence-corrected chi connectivity index (χ3v) is 5.47. The first-order valence-electron chi connectivity index (χ1n) is 10.5. The zero-order valence-electron chi connectivity index (χ0n) is 18.7. The Balaban J connectivity index is 1.58. The Morgan fingerprint density at radius 1 is 1.16 bits per heavy atom. The minimum atomic E-state index is -0.488. The molecule has 0 aliphatic carbocycles. The van der Waals surface area contributed by atoms with Crippen LogP contribution in [0.4, 0.5) is 11.5 Å². The van der Waals surface area contributed by atoms with E-state index in [-0.39, 0.29) is 30.2 Å². The number of carbonyl (C=O) groups is 2. The fraction of sp³-hybridized carbons (Fsp3) is 0.333. The molecule has 3 aromatic rings. The summed E-state index contributed by atoms with van der Waals surface area (Å²) in [5.74, 6) is 0.914. The topological polar surface area (TPSA) is 89.3 Å². The molecule has 1 saturated heterocycles. The van der Waals surface area contributed by atoms with Gasteiger partial charge in [-0.05, 0) is 24.3 Å². The minimum Gasteiger partial charge on any atom is -0.495 e. The van der Waals surface area contributed by atoms with E-state index in [4.69, 9.17) is 4.74 Å². The SMILES string of the molecule is COc1ccccc1N1CC(C(=O)Nc2cc(C(C)(C)C)nn2-c2ccccn2)CC1=O. The minimum absolute atomic E-state index is 0.108. The zero-order valence-corrected chi connectivity index (χ0v) is 18.7. The van der Waals surface area contributed by atoms with Crippen LogP contribution < -0.4 is 15.0 Å². The highest BCUT2D eigenvalue weighted by Gasteiger charge is 2.37. The van der Waals surface area contributed by atoms with Crippen LogP contribution in [-0.4, -0.2) is 40.2 Å². The molecule has 8 heteroatoms. The highest BCUT2D eigenvalue weighted by atomic mass is 16.5. The molecule has 1 unspecified atom stereocenters.